The lowest BCUT2D eigenvalue weighted by Gasteiger charge is -2.25. The number of ether oxygens (including phenoxy) is 3. The lowest BCUT2D eigenvalue weighted by Crippen LogP contribution is -2.44. The standard InChI is InChI=1S/C25H24N4O6S/c1-33-19-12-16(13-20(34-2)22(19)35-3)25-29(21(30)14-36-25)28-23(31)15-7-9-17(10-8-15)27-24(32)18-6-4-5-11-26-18/h4-13,25H,14H2,1-3H3,(H,27,32)(H,28,31). The van der Waals surface area contributed by atoms with Crippen LogP contribution in [0, 0.1) is 0 Å². The second-order valence-corrected chi connectivity index (χ2v) is 8.64. The summed E-state index contributed by atoms with van der Waals surface area (Å²) in [6, 6.07) is 14.9. The Hall–Kier alpha value is -4.25. The van der Waals surface area contributed by atoms with E-state index in [0.29, 0.717) is 34.1 Å². The van der Waals surface area contributed by atoms with Gasteiger partial charge in [-0.2, -0.15) is 0 Å². The molecule has 3 aromatic rings. The van der Waals surface area contributed by atoms with Gasteiger partial charge in [0.1, 0.15) is 11.1 Å². The van der Waals surface area contributed by atoms with Gasteiger partial charge in [0.2, 0.25) is 5.75 Å². The van der Waals surface area contributed by atoms with E-state index in [1.807, 2.05) is 0 Å². The summed E-state index contributed by atoms with van der Waals surface area (Å²) in [5.74, 6) is 0.449. The van der Waals surface area contributed by atoms with Gasteiger partial charge in [0.25, 0.3) is 17.7 Å². The predicted molar refractivity (Wildman–Crippen MR) is 134 cm³/mol. The van der Waals surface area contributed by atoms with Crippen molar-refractivity contribution in [1.29, 1.82) is 0 Å². The second-order valence-electron chi connectivity index (χ2n) is 7.57. The fraction of sp³-hybridized carbons (Fsp3) is 0.200. The molecule has 1 saturated heterocycles. The van der Waals surface area contributed by atoms with Crippen LogP contribution in [0.25, 0.3) is 0 Å². The Morgan fingerprint density at radius 3 is 2.25 bits per heavy atom. The first kappa shape index (κ1) is 24.9. The molecule has 186 valence electrons. The highest BCUT2D eigenvalue weighted by Crippen LogP contribution is 2.45. The summed E-state index contributed by atoms with van der Waals surface area (Å²) >= 11 is 1.36. The van der Waals surface area contributed by atoms with Gasteiger partial charge in [-0.3, -0.25) is 24.8 Å². The Morgan fingerprint density at radius 1 is 0.972 bits per heavy atom. The van der Waals surface area contributed by atoms with Crippen molar-refractivity contribution in [3.63, 3.8) is 0 Å². The van der Waals surface area contributed by atoms with E-state index >= 15 is 0 Å². The van der Waals surface area contributed by atoms with Gasteiger partial charge in [-0.05, 0) is 54.1 Å². The molecule has 2 aromatic carbocycles. The number of rotatable bonds is 8. The quantitative estimate of drug-likeness (QED) is 0.476. The van der Waals surface area contributed by atoms with E-state index in [1.54, 1.807) is 54.6 Å². The zero-order chi connectivity index (χ0) is 25.7. The Labute approximate surface area is 211 Å². The summed E-state index contributed by atoms with van der Waals surface area (Å²) < 4.78 is 16.2. The number of nitrogens with one attached hydrogen (secondary N) is 2. The third-order valence-corrected chi connectivity index (χ3v) is 6.58. The van der Waals surface area contributed by atoms with Crippen molar-refractivity contribution in [1.82, 2.24) is 15.4 Å². The first-order valence-electron chi connectivity index (χ1n) is 10.8. The maximum atomic E-state index is 12.9. The number of hydrogen-bond donors (Lipinski definition) is 2. The van der Waals surface area contributed by atoms with Crippen molar-refractivity contribution in [2.75, 3.05) is 32.4 Å². The van der Waals surface area contributed by atoms with Gasteiger partial charge < -0.3 is 19.5 Å². The number of amides is 3. The molecule has 10 nitrogen and oxygen atoms in total. The van der Waals surface area contributed by atoms with E-state index in [9.17, 15) is 14.4 Å². The summed E-state index contributed by atoms with van der Waals surface area (Å²) in [4.78, 5) is 41.8. The van der Waals surface area contributed by atoms with Crippen molar-refractivity contribution in [2.45, 2.75) is 5.37 Å². The predicted octanol–water partition coefficient (Wildman–Crippen LogP) is 3.28. The molecule has 3 amide bonds. The minimum absolute atomic E-state index is 0.195. The number of benzene rings is 2. The Morgan fingerprint density at radius 2 is 1.67 bits per heavy atom. The van der Waals surface area contributed by atoms with Crippen LogP contribution in [0.1, 0.15) is 31.8 Å². The van der Waals surface area contributed by atoms with Gasteiger partial charge in [0, 0.05) is 17.4 Å². The Bertz CT molecular complexity index is 1240. The van der Waals surface area contributed by atoms with Crippen molar-refractivity contribution >= 4 is 35.2 Å². The highest BCUT2D eigenvalue weighted by atomic mass is 32.2. The van der Waals surface area contributed by atoms with Gasteiger partial charge >= 0.3 is 0 Å². The van der Waals surface area contributed by atoms with Gasteiger partial charge in [0.15, 0.2) is 11.5 Å². The second kappa shape index (κ2) is 11.0. The third kappa shape index (κ3) is 5.20. The molecule has 0 radical (unpaired) electrons. The monoisotopic (exact) mass is 508 g/mol. The molecule has 1 aromatic heterocycles. The number of aromatic nitrogens is 1. The third-order valence-electron chi connectivity index (χ3n) is 5.36. The molecule has 0 aliphatic carbocycles. The number of hydrazine groups is 1. The molecule has 2 N–H and O–H groups in total. The van der Waals surface area contributed by atoms with Gasteiger partial charge in [-0.1, -0.05) is 6.07 Å². The molecule has 0 bridgehead atoms. The van der Waals surface area contributed by atoms with E-state index in [2.05, 4.69) is 15.7 Å². The molecule has 36 heavy (non-hydrogen) atoms. The first-order chi connectivity index (χ1) is 17.4. The summed E-state index contributed by atoms with van der Waals surface area (Å²) in [6.45, 7) is 0. The molecule has 1 unspecified atom stereocenters. The number of pyridine rings is 1. The smallest absolute Gasteiger partial charge is 0.274 e. The molecule has 2 heterocycles. The molecular formula is C25H24N4O6S. The number of methoxy groups -OCH3 is 3. The largest absolute Gasteiger partial charge is 0.493 e. The molecule has 4 rings (SSSR count). The molecule has 0 saturated carbocycles. The van der Waals surface area contributed by atoms with Crippen molar-refractivity contribution in [2.24, 2.45) is 0 Å². The topological polar surface area (TPSA) is 119 Å². The SMILES string of the molecule is COc1cc(C2SCC(=O)N2NC(=O)c2ccc(NC(=O)c3ccccn3)cc2)cc(OC)c1OC. The number of carbonyl (C=O) groups is 3. The number of hydrogen-bond acceptors (Lipinski definition) is 8. The molecule has 1 aliphatic rings. The van der Waals surface area contributed by atoms with Crippen LogP contribution in [0.2, 0.25) is 0 Å². The van der Waals surface area contributed by atoms with Crippen LogP contribution >= 0.6 is 11.8 Å². The zero-order valence-corrected chi connectivity index (χ0v) is 20.6. The molecule has 1 atom stereocenters. The van der Waals surface area contributed by atoms with Crippen LogP contribution in [-0.2, 0) is 4.79 Å². The van der Waals surface area contributed by atoms with Gasteiger partial charge in [0.05, 0.1) is 27.1 Å². The lowest BCUT2D eigenvalue weighted by atomic mass is 10.1. The summed E-state index contributed by atoms with van der Waals surface area (Å²) in [5, 5.41) is 3.53. The fourth-order valence-electron chi connectivity index (χ4n) is 3.61. The molecular weight excluding hydrogens is 484 g/mol. The average Bonchev–Trinajstić information content (AvgIpc) is 3.28. The Balaban J connectivity index is 1.48. The van der Waals surface area contributed by atoms with Crippen molar-refractivity contribution < 1.29 is 28.6 Å². The van der Waals surface area contributed by atoms with Crippen LogP contribution in [0.5, 0.6) is 17.2 Å². The van der Waals surface area contributed by atoms with Gasteiger partial charge in [-0.25, -0.2) is 5.01 Å². The van der Waals surface area contributed by atoms with Gasteiger partial charge in [-0.15, -0.1) is 11.8 Å². The summed E-state index contributed by atoms with van der Waals surface area (Å²) in [5.41, 5.74) is 4.50. The molecule has 0 spiro atoms. The Kier molecular flexibility index (Phi) is 7.59. The van der Waals surface area contributed by atoms with E-state index in [4.69, 9.17) is 14.2 Å². The van der Waals surface area contributed by atoms with Crippen LogP contribution in [0.15, 0.2) is 60.8 Å². The highest BCUT2D eigenvalue weighted by molar-refractivity contribution is 8.00. The normalized spacial score (nSPS) is 14.8. The van der Waals surface area contributed by atoms with Crippen LogP contribution in [0.3, 0.4) is 0 Å². The number of anilines is 1. The fourth-order valence-corrected chi connectivity index (χ4v) is 4.69. The molecule has 1 aliphatic heterocycles. The maximum absolute atomic E-state index is 12.9. The van der Waals surface area contributed by atoms with Crippen LogP contribution in [0.4, 0.5) is 5.69 Å². The van der Waals surface area contributed by atoms with E-state index in [0.717, 1.165) is 0 Å². The summed E-state index contributed by atoms with van der Waals surface area (Å²) in [6.07, 6.45) is 1.53. The minimum atomic E-state index is -0.493. The molecule has 11 heteroatoms. The maximum Gasteiger partial charge on any atom is 0.274 e. The van der Waals surface area contributed by atoms with E-state index in [1.165, 1.54) is 44.3 Å². The highest BCUT2D eigenvalue weighted by Gasteiger charge is 2.35. The first-order valence-corrected chi connectivity index (χ1v) is 11.9. The number of carbonyl (C=O) groups excluding carboxylic acids is 3. The van der Waals surface area contributed by atoms with E-state index in [-0.39, 0.29) is 23.3 Å². The van der Waals surface area contributed by atoms with Crippen molar-refractivity contribution in [3.8, 4) is 17.2 Å². The average molecular weight is 509 g/mol. The number of thioether (sulfide) groups is 1. The molecule has 1 fully saturated rings. The summed E-state index contributed by atoms with van der Waals surface area (Å²) in [7, 11) is 4.53. The zero-order valence-electron chi connectivity index (χ0n) is 19.8. The van der Waals surface area contributed by atoms with Crippen molar-refractivity contribution in [3.05, 3.63) is 77.6 Å². The van der Waals surface area contributed by atoms with Crippen LogP contribution in [-0.4, -0.2) is 54.8 Å². The van der Waals surface area contributed by atoms with E-state index < -0.39 is 11.3 Å². The number of nitrogens with zero attached hydrogens (tertiary/aromatic N) is 2. The lowest BCUT2D eigenvalue weighted by molar-refractivity contribution is -0.130. The minimum Gasteiger partial charge on any atom is -0.493 e. The van der Waals surface area contributed by atoms with Crippen LogP contribution < -0.4 is 25.0 Å².